The predicted octanol–water partition coefficient (Wildman–Crippen LogP) is 2.50. The number of nitrogens with two attached hydrogens (primary N) is 1. The third-order valence-electron chi connectivity index (χ3n) is 4.10. The normalized spacial score (nSPS) is 10.3. The van der Waals surface area contributed by atoms with Crippen molar-refractivity contribution in [1.29, 1.82) is 0 Å². The summed E-state index contributed by atoms with van der Waals surface area (Å²) in [6, 6.07) is 19.1. The Bertz CT molecular complexity index is 950. The van der Waals surface area contributed by atoms with E-state index < -0.39 is 0 Å². The van der Waals surface area contributed by atoms with Gasteiger partial charge < -0.3 is 5.73 Å². The first kappa shape index (κ1) is 19.7. The van der Waals surface area contributed by atoms with E-state index in [0.717, 1.165) is 11.1 Å². The SMILES string of the molecule is Cl.NCCCn1c(=O)c(-c2ccccc2)cn(Cc2ccccc2)c1=O. The monoisotopic (exact) mass is 371 g/mol. The average Bonchev–Trinajstić information content (AvgIpc) is 2.65. The number of benzene rings is 2. The Balaban J connectivity index is 0.00000243. The third-order valence-corrected chi connectivity index (χ3v) is 4.10. The lowest BCUT2D eigenvalue weighted by Crippen LogP contribution is -2.40. The van der Waals surface area contributed by atoms with Crippen LogP contribution < -0.4 is 17.0 Å². The Kier molecular flexibility index (Phi) is 6.95. The maximum atomic E-state index is 12.8. The molecule has 1 heterocycles. The van der Waals surface area contributed by atoms with Crippen molar-refractivity contribution < 1.29 is 0 Å². The number of rotatable bonds is 6. The van der Waals surface area contributed by atoms with Gasteiger partial charge in [-0.25, -0.2) is 4.79 Å². The summed E-state index contributed by atoms with van der Waals surface area (Å²) < 4.78 is 2.88. The molecule has 0 spiro atoms. The smallest absolute Gasteiger partial charge is 0.330 e. The molecular formula is C20H22ClN3O2. The van der Waals surface area contributed by atoms with Gasteiger partial charge in [0.15, 0.2) is 0 Å². The van der Waals surface area contributed by atoms with Gasteiger partial charge in [-0.05, 0) is 24.1 Å². The van der Waals surface area contributed by atoms with Crippen LogP contribution >= 0.6 is 12.4 Å². The van der Waals surface area contributed by atoms with E-state index in [2.05, 4.69) is 0 Å². The van der Waals surface area contributed by atoms with Crippen LogP contribution in [0.4, 0.5) is 0 Å². The molecule has 0 aliphatic carbocycles. The molecule has 1 aromatic heterocycles. The Morgan fingerprint density at radius 2 is 1.50 bits per heavy atom. The van der Waals surface area contributed by atoms with Crippen LogP contribution in [-0.2, 0) is 13.1 Å². The fourth-order valence-corrected chi connectivity index (χ4v) is 2.81. The highest BCUT2D eigenvalue weighted by atomic mass is 35.5. The van der Waals surface area contributed by atoms with Gasteiger partial charge in [-0.2, -0.15) is 0 Å². The van der Waals surface area contributed by atoms with E-state index in [9.17, 15) is 9.59 Å². The topological polar surface area (TPSA) is 70.0 Å². The first-order valence-corrected chi connectivity index (χ1v) is 8.34. The molecule has 3 aromatic rings. The van der Waals surface area contributed by atoms with Crippen molar-refractivity contribution in [2.45, 2.75) is 19.5 Å². The fourth-order valence-electron chi connectivity index (χ4n) is 2.81. The molecule has 2 N–H and O–H groups in total. The van der Waals surface area contributed by atoms with Gasteiger partial charge in [-0.15, -0.1) is 12.4 Å². The Labute approximate surface area is 158 Å². The molecule has 0 aliphatic heterocycles. The zero-order valence-electron chi connectivity index (χ0n) is 14.4. The second-order valence-electron chi connectivity index (χ2n) is 5.90. The molecule has 0 amide bonds. The zero-order valence-corrected chi connectivity index (χ0v) is 15.2. The van der Waals surface area contributed by atoms with E-state index in [4.69, 9.17) is 5.73 Å². The third kappa shape index (κ3) is 4.31. The van der Waals surface area contributed by atoms with Gasteiger partial charge in [0.05, 0.1) is 12.1 Å². The number of hydrogen-bond acceptors (Lipinski definition) is 3. The van der Waals surface area contributed by atoms with Gasteiger partial charge in [0, 0.05) is 12.7 Å². The molecule has 3 rings (SSSR count). The van der Waals surface area contributed by atoms with E-state index in [1.165, 1.54) is 4.57 Å². The summed E-state index contributed by atoms with van der Waals surface area (Å²) in [7, 11) is 0. The first-order chi connectivity index (χ1) is 12.2. The quantitative estimate of drug-likeness (QED) is 0.723. The van der Waals surface area contributed by atoms with Crippen molar-refractivity contribution in [3.05, 3.63) is 93.3 Å². The molecule has 0 radical (unpaired) electrons. The van der Waals surface area contributed by atoms with E-state index >= 15 is 0 Å². The molecule has 0 aliphatic rings. The van der Waals surface area contributed by atoms with E-state index in [1.54, 1.807) is 10.8 Å². The molecule has 0 fully saturated rings. The van der Waals surface area contributed by atoms with Gasteiger partial charge in [-0.1, -0.05) is 60.7 Å². The van der Waals surface area contributed by atoms with Crippen LogP contribution in [0.25, 0.3) is 11.1 Å². The standard InChI is InChI=1S/C20H21N3O2.ClH/c21-12-7-13-23-19(24)18(17-10-5-2-6-11-17)15-22(20(23)25)14-16-8-3-1-4-9-16;/h1-6,8-11,15H,7,12-14,21H2;1H. The molecule has 2 aromatic carbocycles. The van der Waals surface area contributed by atoms with Crippen LogP contribution in [-0.4, -0.2) is 15.7 Å². The van der Waals surface area contributed by atoms with E-state index in [1.807, 2.05) is 60.7 Å². The first-order valence-electron chi connectivity index (χ1n) is 8.34. The summed E-state index contributed by atoms with van der Waals surface area (Å²) >= 11 is 0. The number of halogens is 1. The second kappa shape index (κ2) is 9.17. The van der Waals surface area contributed by atoms with Crippen LogP contribution in [0.1, 0.15) is 12.0 Å². The summed E-state index contributed by atoms with van der Waals surface area (Å²) in [5.74, 6) is 0. The maximum Gasteiger partial charge on any atom is 0.331 e. The van der Waals surface area contributed by atoms with Crippen LogP contribution in [0.2, 0.25) is 0 Å². The van der Waals surface area contributed by atoms with Gasteiger partial charge >= 0.3 is 5.69 Å². The van der Waals surface area contributed by atoms with Crippen molar-refractivity contribution >= 4 is 12.4 Å². The largest absolute Gasteiger partial charge is 0.331 e. The maximum absolute atomic E-state index is 12.8. The minimum atomic E-state index is -0.304. The number of aromatic nitrogens is 2. The summed E-state index contributed by atoms with van der Waals surface area (Å²) in [6.45, 7) is 1.17. The summed E-state index contributed by atoms with van der Waals surface area (Å²) in [5, 5.41) is 0. The molecule has 0 unspecified atom stereocenters. The van der Waals surface area contributed by atoms with E-state index in [0.29, 0.717) is 31.6 Å². The molecule has 5 nitrogen and oxygen atoms in total. The zero-order chi connectivity index (χ0) is 17.6. The van der Waals surface area contributed by atoms with Gasteiger partial charge in [0.2, 0.25) is 0 Å². The van der Waals surface area contributed by atoms with Crippen LogP contribution in [0, 0.1) is 0 Å². The van der Waals surface area contributed by atoms with Gasteiger partial charge in [0.1, 0.15) is 0 Å². The van der Waals surface area contributed by atoms with Crippen molar-refractivity contribution in [1.82, 2.24) is 9.13 Å². The molecular weight excluding hydrogens is 350 g/mol. The van der Waals surface area contributed by atoms with Crippen molar-refractivity contribution in [3.63, 3.8) is 0 Å². The lowest BCUT2D eigenvalue weighted by molar-refractivity contribution is 0.556. The average molecular weight is 372 g/mol. The van der Waals surface area contributed by atoms with Crippen LogP contribution in [0.15, 0.2) is 76.4 Å². The molecule has 0 saturated carbocycles. The Morgan fingerprint density at radius 1 is 0.885 bits per heavy atom. The van der Waals surface area contributed by atoms with Crippen LogP contribution in [0.5, 0.6) is 0 Å². The van der Waals surface area contributed by atoms with Crippen LogP contribution in [0.3, 0.4) is 0 Å². The molecule has 0 saturated heterocycles. The highest BCUT2D eigenvalue weighted by Gasteiger charge is 2.13. The van der Waals surface area contributed by atoms with Gasteiger partial charge in [0.25, 0.3) is 5.56 Å². The lowest BCUT2D eigenvalue weighted by atomic mass is 10.1. The molecule has 26 heavy (non-hydrogen) atoms. The molecule has 136 valence electrons. The Hall–Kier alpha value is -2.63. The second-order valence-corrected chi connectivity index (χ2v) is 5.90. The summed E-state index contributed by atoms with van der Waals surface area (Å²) in [6.07, 6.45) is 2.24. The highest BCUT2D eigenvalue weighted by Crippen LogP contribution is 2.14. The Morgan fingerprint density at radius 3 is 2.12 bits per heavy atom. The van der Waals surface area contributed by atoms with Crippen molar-refractivity contribution in [2.24, 2.45) is 5.73 Å². The molecule has 6 heteroatoms. The van der Waals surface area contributed by atoms with E-state index in [-0.39, 0.29) is 23.7 Å². The number of nitrogens with zero attached hydrogens (tertiary/aromatic N) is 2. The number of hydrogen-bond donors (Lipinski definition) is 1. The molecule has 0 atom stereocenters. The minimum absolute atomic E-state index is 0. The summed E-state index contributed by atoms with van der Waals surface area (Å²) in [5.41, 5.74) is 7.32. The predicted molar refractivity (Wildman–Crippen MR) is 107 cm³/mol. The molecule has 0 bridgehead atoms. The highest BCUT2D eigenvalue weighted by molar-refractivity contribution is 5.85. The van der Waals surface area contributed by atoms with Crippen molar-refractivity contribution in [2.75, 3.05) is 6.54 Å². The van der Waals surface area contributed by atoms with Crippen molar-refractivity contribution in [3.8, 4) is 11.1 Å². The minimum Gasteiger partial charge on any atom is -0.330 e. The lowest BCUT2D eigenvalue weighted by Gasteiger charge is -2.13. The fraction of sp³-hybridized carbons (Fsp3) is 0.200. The summed E-state index contributed by atoms with van der Waals surface area (Å²) in [4.78, 5) is 25.6. The van der Waals surface area contributed by atoms with Gasteiger partial charge in [-0.3, -0.25) is 13.9 Å².